The lowest BCUT2D eigenvalue weighted by Crippen LogP contribution is -2.31. The fourth-order valence-electron chi connectivity index (χ4n) is 2.51. The average Bonchev–Trinajstić information content (AvgIpc) is 2.58. The minimum absolute atomic E-state index is 0.178. The second kappa shape index (κ2) is 8.61. The molecule has 0 atom stereocenters. The van der Waals surface area contributed by atoms with E-state index in [4.69, 9.17) is 15.2 Å². The molecule has 130 valence electrons. The van der Waals surface area contributed by atoms with Crippen molar-refractivity contribution in [1.82, 2.24) is 0 Å². The Balaban J connectivity index is 2.50. The molecule has 0 aliphatic heterocycles. The third-order valence-corrected chi connectivity index (χ3v) is 3.73. The quantitative estimate of drug-likeness (QED) is 0.751. The molecular weight excluding hydrogens is 314 g/mol. The predicted molar refractivity (Wildman–Crippen MR) is 92.2 cm³/mol. The lowest BCUT2D eigenvalue weighted by Gasteiger charge is -2.27. The highest BCUT2D eigenvalue weighted by atomic mass is 19.2. The summed E-state index contributed by atoms with van der Waals surface area (Å²) in [6, 6.07) is 9.32. The van der Waals surface area contributed by atoms with Gasteiger partial charge in [-0.15, -0.1) is 0 Å². The van der Waals surface area contributed by atoms with Crippen LogP contribution in [0, 0.1) is 11.6 Å². The zero-order valence-corrected chi connectivity index (χ0v) is 13.9. The van der Waals surface area contributed by atoms with Gasteiger partial charge >= 0.3 is 0 Å². The molecule has 0 saturated carbocycles. The minimum atomic E-state index is -0.888. The fourth-order valence-corrected chi connectivity index (χ4v) is 2.51. The van der Waals surface area contributed by atoms with Gasteiger partial charge in [0.2, 0.25) is 0 Å². The molecule has 0 heterocycles. The van der Waals surface area contributed by atoms with E-state index in [-0.39, 0.29) is 5.56 Å². The van der Waals surface area contributed by atoms with Crippen molar-refractivity contribution in [3.63, 3.8) is 0 Å². The van der Waals surface area contributed by atoms with Crippen LogP contribution in [0.3, 0.4) is 0 Å². The van der Waals surface area contributed by atoms with Crippen molar-refractivity contribution in [2.24, 2.45) is 0 Å². The number of nitrogens with zero attached hydrogens (tertiary/aromatic N) is 1. The molecule has 2 aromatic carbocycles. The van der Waals surface area contributed by atoms with E-state index in [1.54, 1.807) is 38.5 Å². The highest BCUT2D eigenvalue weighted by Gasteiger charge is 2.17. The molecule has 2 rings (SSSR count). The number of anilines is 2. The molecule has 24 heavy (non-hydrogen) atoms. The molecule has 0 bridgehead atoms. The van der Waals surface area contributed by atoms with Gasteiger partial charge in [0.25, 0.3) is 0 Å². The van der Waals surface area contributed by atoms with Gasteiger partial charge in [-0.3, -0.25) is 0 Å². The summed E-state index contributed by atoms with van der Waals surface area (Å²) in [7, 11) is 3.23. The maximum Gasteiger partial charge on any atom is 0.166 e. The molecular formula is C18H22F2N2O2. The van der Waals surface area contributed by atoms with E-state index >= 15 is 0 Å². The summed E-state index contributed by atoms with van der Waals surface area (Å²) in [5.74, 6) is -1.77. The van der Waals surface area contributed by atoms with Gasteiger partial charge in [-0.05, 0) is 24.3 Å². The first-order valence-electron chi connectivity index (χ1n) is 7.65. The SMILES string of the molecule is COCCN(CCOC)c1ccc(N)cc1-c1cccc(F)c1F. The average molecular weight is 336 g/mol. The number of benzene rings is 2. The van der Waals surface area contributed by atoms with E-state index in [9.17, 15) is 8.78 Å². The van der Waals surface area contributed by atoms with Crippen molar-refractivity contribution in [1.29, 1.82) is 0 Å². The monoisotopic (exact) mass is 336 g/mol. The molecule has 6 heteroatoms. The van der Waals surface area contributed by atoms with E-state index < -0.39 is 11.6 Å². The van der Waals surface area contributed by atoms with Crippen LogP contribution >= 0.6 is 0 Å². The molecule has 2 aromatic rings. The lowest BCUT2D eigenvalue weighted by atomic mass is 10.0. The van der Waals surface area contributed by atoms with Crippen molar-refractivity contribution in [2.45, 2.75) is 0 Å². The first-order chi connectivity index (χ1) is 11.6. The number of hydrogen-bond donors (Lipinski definition) is 1. The summed E-state index contributed by atoms with van der Waals surface area (Å²) in [4.78, 5) is 2.01. The molecule has 0 amide bonds. The van der Waals surface area contributed by atoms with E-state index in [1.165, 1.54) is 6.07 Å². The van der Waals surface area contributed by atoms with Crippen molar-refractivity contribution in [3.05, 3.63) is 48.0 Å². The van der Waals surface area contributed by atoms with Crippen molar-refractivity contribution in [2.75, 3.05) is 51.2 Å². The van der Waals surface area contributed by atoms with Crippen LogP contribution in [-0.4, -0.2) is 40.5 Å². The van der Waals surface area contributed by atoms with Crippen molar-refractivity contribution >= 4 is 11.4 Å². The summed E-state index contributed by atoms with van der Waals surface area (Å²) in [6.45, 7) is 2.18. The van der Waals surface area contributed by atoms with Gasteiger partial charge in [-0.25, -0.2) is 8.78 Å². The number of rotatable bonds is 8. The molecule has 0 aliphatic carbocycles. The Kier molecular flexibility index (Phi) is 6.52. The number of hydrogen-bond acceptors (Lipinski definition) is 4. The van der Waals surface area contributed by atoms with Crippen LogP contribution in [0.4, 0.5) is 20.2 Å². The molecule has 0 aliphatic rings. The molecule has 0 fully saturated rings. The second-order valence-electron chi connectivity index (χ2n) is 5.35. The standard InChI is InChI=1S/C18H22F2N2O2/c1-23-10-8-22(9-11-24-2)17-7-6-13(21)12-15(17)14-4-3-5-16(19)18(14)20/h3-7,12H,8-11,21H2,1-2H3. The van der Waals surface area contributed by atoms with Gasteiger partial charge in [-0.1, -0.05) is 12.1 Å². The van der Waals surface area contributed by atoms with E-state index in [1.807, 2.05) is 4.90 Å². The van der Waals surface area contributed by atoms with E-state index in [0.717, 1.165) is 11.8 Å². The smallest absolute Gasteiger partial charge is 0.166 e. The summed E-state index contributed by atoms with van der Waals surface area (Å²) < 4.78 is 38.2. The third-order valence-electron chi connectivity index (χ3n) is 3.73. The lowest BCUT2D eigenvalue weighted by molar-refractivity contribution is 0.190. The maximum atomic E-state index is 14.3. The second-order valence-corrected chi connectivity index (χ2v) is 5.35. The molecule has 0 saturated heterocycles. The first kappa shape index (κ1) is 18.2. The maximum absolute atomic E-state index is 14.3. The Hall–Kier alpha value is -2.18. The zero-order valence-electron chi connectivity index (χ0n) is 13.9. The van der Waals surface area contributed by atoms with E-state index in [0.29, 0.717) is 37.6 Å². The third kappa shape index (κ3) is 4.21. The van der Waals surface area contributed by atoms with Crippen LogP contribution in [0.15, 0.2) is 36.4 Å². The molecule has 0 aromatic heterocycles. The largest absolute Gasteiger partial charge is 0.399 e. The Bertz CT molecular complexity index is 672. The number of halogens is 2. The minimum Gasteiger partial charge on any atom is -0.399 e. The summed E-state index contributed by atoms with van der Waals surface area (Å²) in [6.07, 6.45) is 0. The topological polar surface area (TPSA) is 47.7 Å². The fraction of sp³-hybridized carbons (Fsp3) is 0.333. The highest BCUT2D eigenvalue weighted by Crippen LogP contribution is 2.35. The Morgan fingerprint density at radius 3 is 2.25 bits per heavy atom. The number of nitrogens with two attached hydrogens (primary N) is 1. The van der Waals surface area contributed by atoms with Crippen molar-refractivity contribution in [3.8, 4) is 11.1 Å². The normalized spacial score (nSPS) is 10.8. The summed E-state index contributed by atoms with van der Waals surface area (Å²) >= 11 is 0. The van der Waals surface area contributed by atoms with Crippen molar-refractivity contribution < 1.29 is 18.3 Å². The van der Waals surface area contributed by atoms with Gasteiger partial charge in [0.15, 0.2) is 11.6 Å². The van der Waals surface area contributed by atoms with Crippen LogP contribution in [0.5, 0.6) is 0 Å². The van der Waals surface area contributed by atoms with Gasteiger partial charge in [-0.2, -0.15) is 0 Å². The van der Waals surface area contributed by atoms with Crippen LogP contribution in [-0.2, 0) is 9.47 Å². The summed E-state index contributed by atoms with van der Waals surface area (Å²) in [5.41, 5.74) is 7.82. The summed E-state index contributed by atoms with van der Waals surface area (Å²) in [5, 5.41) is 0. The van der Waals surface area contributed by atoms with Gasteiger partial charge < -0.3 is 20.1 Å². The number of ether oxygens (including phenoxy) is 2. The molecule has 2 N–H and O–H groups in total. The predicted octanol–water partition coefficient (Wildman–Crippen LogP) is 3.31. The molecule has 4 nitrogen and oxygen atoms in total. The number of methoxy groups -OCH3 is 2. The van der Waals surface area contributed by atoms with Gasteiger partial charge in [0.05, 0.1) is 13.2 Å². The Morgan fingerprint density at radius 1 is 0.958 bits per heavy atom. The van der Waals surface area contributed by atoms with Crippen LogP contribution in [0.25, 0.3) is 11.1 Å². The Morgan fingerprint density at radius 2 is 1.62 bits per heavy atom. The first-order valence-corrected chi connectivity index (χ1v) is 7.65. The van der Waals surface area contributed by atoms with Crippen LogP contribution in [0.1, 0.15) is 0 Å². The molecule has 0 unspecified atom stereocenters. The van der Waals surface area contributed by atoms with Crippen LogP contribution in [0.2, 0.25) is 0 Å². The zero-order chi connectivity index (χ0) is 17.5. The highest BCUT2D eigenvalue weighted by molar-refractivity contribution is 5.81. The number of nitrogen functional groups attached to an aromatic ring is 1. The molecule has 0 radical (unpaired) electrons. The van der Waals surface area contributed by atoms with Crippen LogP contribution < -0.4 is 10.6 Å². The molecule has 0 spiro atoms. The van der Waals surface area contributed by atoms with Gasteiger partial charge in [0.1, 0.15) is 0 Å². The van der Waals surface area contributed by atoms with E-state index in [2.05, 4.69) is 0 Å². The van der Waals surface area contributed by atoms with Gasteiger partial charge in [0, 0.05) is 49.8 Å². The Labute approximate surface area is 140 Å².